The quantitative estimate of drug-likeness (QED) is 0.575. The van der Waals surface area contributed by atoms with Crippen molar-refractivity contribution >= 4 is 21.6 Å². The molecule has 3 rings (SSSR count). The van der Waals surface area contributed by atoms with Gasteiger partial charge in [-0.25, -0.2) is 13.4 Å². The smallest absolute Gasteiger partial charge is 0.263 e. The van der Waals surface area contributed by atoms with Crippen LogP contribution in [0.1, 0.15) is 29.8 Å². The van der Waals surface area contributed by atoms with Gasteiger partial charge in [-0.05, 0) is 44.2 Å². The third-order valence-electron chi connectivity index (χ3n) is 3.89. The molecule has 0 aliphatic rings. The number of pyridine rings is 1. The summed E-state index contributed by atoms with van der Waals surface area (Å²) in [5.74, 6) is -0.337. The fourth-order valence-corrected chi connectivity index (χ4v) is 3.64. The van der Waals surface area contributed by atoms with E-state index in [1.165, 1.54) is 18.2 Å². The Morgan fingerprint density at radius 2 is 1.72 bits per heavy atom. The fraction of sp³-hybridized carbons (Fsp3) is 0.143. The van der Waals surface area contributed by atoms with Crippen molar-refractivity contribution in [1.82, 2.24) is 4.98 Å². The molecule has 7 nitrogen and oxygen atoms in total. The number of nitrogens with zero attached hydrogens (tertiary/aromatic N) is 1. The third kappa shape index (κ3) is 4.91. The lowest BCUT2D eigenvalue weighted by Gasteiger charge is -2.13. The Hall–Kier alpha value is -3.39. The zero-order valence-corrected chi connectivity index (χ0v) is 16.7. The summed E-state index contributed by atoms with van der Waals surface area (Å²) in [6.45, 7) is 3.74. The number of rotatable bonds is 7. The minimum Gasteiger partial charge on any atom is -0.506 e. The Labute approximate surface area is 169 Å². The highest BCUT2D eigenvalue weighted by Gasteiger charge is 2.21. The number of ether oxygens (including phenoxy) is 1. The summed E-state index contributed by atoms with van der Waals surface area (Å²) in [4.78, 5) is 16.7. The first-order valence-electron chi connectivity index (χ1n) is 8.84. The molecule has 8 heteroatoms. The Bertz CT molecular complexity index is 1110. The van der Waals surface area contributed by atoms with E-state index in [0.717, 1.165) is 6.20 Å². The second kappa shape index (κ2) is 8.32. The van der Waals surface area contributed by atoms with Crippen molar-refractivity contribution < 1.29 is 23.1 Å². The van der Waals surface area contributed by atoms with Gasteiger partial charge in [0.05, 0.1) is 22.8 Å². The molecule has 1 aromatic heterocycles. The maximum absolute atomic E-state index is 12.8. The molecule has 0 fully saturated rings. The van der Waals surface area contributed by atoms with Gasteiger partial charge < -0.3 is 9.84 Å². The van der Waals surface area contributed by atoms with E-state index in [0.29, 0.717) is 11.3 Å². The van der Waals surface area contributed by atoms with E-state index in [9.17, 15) is 18.3 Å². The van der Waals surface area contributed by atoms with Crippen LogP contribution in [0.2, 0.25) is 0 Å². The molecule has 0 saturated carbocycles. The molecule has 1 heterocycles. The summed E-state index contributed by atoms with van der Waals surface area (Å²) in [6, 6.07) is 15.4. The molecular weight excluding hydrogens is 392 g/mol. The highest BCUT2D eigenvalue weighted by molar-refractivity contribution is 7.92. The minimum atomic E-state index is -4.01. The molecule has 0 radical (unpaired) electrons. The molecule has 0 unspecified atom stereocenters. The number of anilines is 1. The lowest BCUT2D eigenvalue weighted by atomic mass is 10.0. The maximum atomic E-state index is 12.8. The van der Waals surface area contributed by atoms with E-state index in [4.69, 9.17) is 4.74 Å². The number of ketones is 1. The van der Waals surface area contributed by atoms with E-state index >= 15 is 0 Å². The zero-order valence-electron chi connectivity index (χ0n) is 15.9. The average Bonchev–Trinajstić information content (AvgIpc) is 2.69. The monoisotopic (exact) mass is 412 g/mol. The molecule has 29 heavy (non-hydrogen) atoms. The van der Waals surface area contributed by atoms with Gasteiger partial charge in [0, 0.05) is 5.56 Å². The predicted octanol–water partition coefficient (Wildman–Crippen LogP) is 3.61. The molecule has 150 valence electrons. The summed E-state index contributed by atoms with van der Waals surface area (Å²) in [6.07, 6.45) is 1.03. The largest absolute Gasteiger partial charge is 0.506 e. The number of hydrogen-bond acceptors (Lipinski definition) is 6. The standard InChI is InChI=1S/C21H20N2O5S/c1-14(2)28-17-8-10-18(11-9-17)29(26,27)23-21-19(12-16(24)13-22-21)20(25)15-6-4-3-5-7-15/h3-14,24H,1-2H3,(H,22,23). The Balaban J connectivity index is 1.92. The minimum absolute atomic E-state index is 0.0124. The van der Waals surface area contributed by atoms with Gasteiger partial charge in [0.1, 0.15) is 11.5 Å². The van der Waals surface area contributed by atoms with Crippen LogP contribution in [0.15, 0.2) is 71.8 Å². The van der Waals surface area contributed by atoms with Crippen molar-refractivity contribution in [1.29, 1.82) is 0 Å². The van der Waals surface area contributed by atoms with Crippen molar-refractivity contribution in [3.63, 3.8) is 0 Å². The second-order valence-electron chi connectivity index (χ2n) is 6.53. The van der Waals surface area contributed by atoms with Crippen molar-refractivity contribution in [3.05, 3.63) is 78.0 Å². The topological polar surface area (TPSA) is 106 Å². The van der Waals surface area contributed by atoms with Crippen LogP contribution in [-0.2, 0) is 10.0 Å². The van der Waals surface area contributed by atoms with E-state index in [1.807, 2.05) is 13.8 Å². The molecule has 0 aliphatic carbocycles. The van der Waals surface area contributed by atoms with Gasteiger partial charge in [-0.2, -0.15) is 0 Å². The van der Waals surface area contributed by atoms with Crippen LogP contribution in [0, 0.1) is 0 Å². The van der Waals surface area contributed by atoms with Gasteiger partial charge in [-0.3, -0.25) is 9.52 Å². The fourth-order valence-electron chi connectivity index (χ4n) is 2.61. The Kier molecular flexibility index (Phi) is 5.84. The average molecular weight is 412 g/mol. The molecule has 0 aliphatic heterocycles. The van der Waals surface area contributed by atoms with Crippen LogP contribution in [0.5, 0.6) is 11.5 Å². The number of carbonyl (C=O) groups is 1. The van der Waals surface area contributed by atoms with Gasteiger partial charge in [-0.15, -0.1) is 0 Å². The molecule has 0 amide bonds. The summed E-state index contributed by atoms with van der Waals surface area (Å²) in [5, 5.41) is 9.75. The van der Waals surface area contributed by atoms with Crippen molar-refractivity contribution in [2.75, 3.05) is 4.72 Å². The van der Waals surface area contributed by atoms with E-state index < -0.39 is 15.8 Å². The number of hydrogen-bond donors (Lipinski definition) is 2. The molecule has 0 atom stereocenters. The van der Waals surface area contributed by atoms with Crippen molar-refractivity contribution in [3.8, 4) is 11.5 Å². The SMILES string of the molecule is CC(C)Oc1ccc(S(=O)(=O)Nc2ncc(O)cc2C(=O)c2ccccc2)cc1. The molecule has 2 aromatic carbocycles. The van der Waals surface area contributed by atoms with E-state index in [2.05, 4.69) is 9.71 Å². The van der Waals surface area contributed by atoms with Crippen molar-refractivity contribution in [2.45, 2.75) is 24.8 Å². The zero-order chi connectivity index (χ0) is 21.0. The molecule has 2 N–H and O–H groups in total. The Morgan fingerprint density at radius 3 is 2.34 bits per heavy atom. The van der Waals surface area contributed by atoms with Crippen molar-refractivity contribution in [2.24, 2.45) is 0 Å². The molecule has 3 aromatic rings. The molecule has 0 spiro atoms. The first kappa shape index (κ1) is 20.3. The predicted molar refractivity (Wildman–Crippen MR) is 109 cm³/mol. The van der Waals surface area contributed by atoms with Gasteiger partial charge >= 0.3 is 0 Å². The van der Waals surface area contributed by atoms with Crippen LogP contribution >= 0.6 is 0 Å². The number of carbonyl (C=O) groups excluding carboxylic acids is 1. The molecule has 0 bridgehead atoms. The molecular formula is C21H20N2O5S. The van der Waals surface area contributed by atoms with E-state index in [1.54, 1.807) is 42.5 Å². The van der Waals surface area contributed by atoms with Gasteiger partial charge in [-0.1, -0.05) is 30.3 Å². The highest BCUT2D eigenvalue weighted by atomic mass is 32.2. The van der Waals surface area contributed by atoms with Crippen LogP contribution in [0.3, 0.4) is 0 Å². The number of nitrogens with one attached hydrogen (secondary N) is 1. The lowest BCUT2D eigenvalue weighted by molar-refractivity contribution is 0.103. The van der Waals surface area contributed by atoms with Gasteiger partial charge in [0.2, 0.25) is 0 Å². The normalized spacial score (nSPS) is 11.3. The highest BCUT2D eigenvalue weighted by Crippen LogP contribution is 2.25. The Morgan fingerprint density at radius 1 is 1.07 bits per heavy atom. The van der Waals surface area contributed by atoms with Crippen LogP contribution < -0.4 is 9.46 Å². The summed E-state index contributed by atoms with van der Waals surface area (Å²) in [5.41, 5.74) is 0.287. The van der Waals surface area contributed by atoms with Gasteiger partial charge in [0.15, 0.2) is 11.6 Å². The van der Waals surface area contributed by atoms with Crippen LogP contribution in [-0.4, -0.2) is 30.4 Å². The van der Waals surface area contributed by atoms with E-state index in [-0.39, 0.29) is 28.1 Å². The number of sulfonamides is 1. The first-order chi connectivity index (χ1) is 13.8. The molecule has 0 saturated heterocycles. The summed E-state index contributed by atoms with van der Waals surface area (Å²) in [7, 11) is -4.01. The summed E-state index contributed by atoms with van der Waals surface area (Å²) < 4.78 is 33.4. The third-order valence-corrected chi connectivity index (χ3v) is 5.25. The number of aromatic hydroxyl groups is 1. The number of benzene rings is 2. The number of aromatic nitrogens is 1. The van der Waals surface area contributed by atoms with Crippen LogP contribution in [0.25, 0.3) is 0 Å². The maximum Gasteiger partial charge on any atom is 0.263 e. The summed E-state index contributed by atoms with van der Waals surface area (Å²) >= 11 is 0. The van der Waals surface area contributed by atoms with Crippen LogP contribution in [0.4, 0.5) is 5.82 Å². The lowest BCUT2D eigenvalue weighted by Crippen LogP contribution is -2.17. The second-order valence-corrected chi connectivity index (χ2v) is 8.21. The first-order valence-corrected chi connectivity index (χ1v) is 10.3. The van der Waals surface area contributed by atoms with Gasteiger partial charge in [0.25, 0.3) is 10.0 Å².